The van der Waals surface area contributed by atoms with Gasteiger partial charge >= 0.3 is 0 Å². The maximum Gasteiger partial charge on any atom is 0.237 e. The van der Waals surface area contributed by atoms with Crippen LogP contribution in [0, 0.1) is 0 Å². The third kappa shape index (κ3) is 4.13. The van der Waals surface area contributed by atoms with E-state index in [1.807, 2.05) is 6.92 Å². The summed E-state index contributed by atoms with van der Waals surface area (Å²) < 4.78 is 0. The van der Waals surface area contributed by atoms with Gasteiger partial charge < -0.3 is 10.6 Å². The fraction of sp³-hybridized carbons (Fsp3) is 0.615. The van der Waals surface area contributed by atoms with Gasteiger partial charge in [0.1, 0.15) is 0 Å². The Labute approximate surface area is 107 Å². The molecule has 1 aliphatic rings. The molecule has 1 heterocycles. The molecule has 3 nitrogen and oxygen atoms in total. The van der Waals surface area contributed by atoms with E-state index in [1.54, 1.807) is 11.3 Å². The summed E-state index contributed by atoms with van der Waals surface area (Å²) in [6.07, 6.45) is 3.26. The summed E-state index contributed by atoms with van der Waals surface area (Å²) in [5.74, 6) is 0.129. The molecular formula is C13H20N2OS. The van der Waals surface area contributed by atoms with E-state index in [0.717, 1.165) is 19.3 Å². The topological polar surface area (TPSA) is 41.1 Å². The Kier molecular flexibility index (Phi) is 4.18. The molecule has 0 bridgehead atoms. The number of thiophene rings is 1. The van der Waals surface area contributed by atoms with Gasteiger partial charge in [0.15, 0.2) is 0 Å². The van der Waals surface area contributed by atoms with Crippen molar-refractivity contribution in [3.05, 3.63) is 22.4 Å². The van der Waals surface area contributed by atoms with Crippen molar-refractivity contribution in [3.63, 3.8) is 0 Å². The third-order valence-corrected chi connectivity index (χ3v) is 3.71. The fourth-order valence-electron chi connectivity index (χ4n) is 1.88. The summed E-state index contributed by atoms with van der Waals surface area (Å²) in [5, 5.41) is 10.6. The summed E-state index contributed by atoms with van der Waals surface area (Å²) in [6.45, 7) is 4.06. The van der Waals surface area contributed by atoms with E-state index in [9.17, 15) is 4.79 Å². The normalized spacial score (nSPS) is 18.7. The molecule has 1 aromatic rings. The molecule has 0 saturated heterocycles. The van der Waals surface area contributed by atoms with Crippen molar-refractivity contribution in [2.24, 2.45) is 0 Å². The number of hydrogen-bond acceptors (Lipinski definition) is 3. The van der Waals surface area contributed by atoms with Crippen LogP contribution < -0.4 is 10.6 Å². The van der Waals surface area contributed by atoms with E-state index in [-0.39, 0.29) is 11.9 Å². The van der Waals surface area contributed by atoms with Crippen molar-refractivity contribution in [3.8, 4) is 0 Å². The maximum absolute atomic E-state index is 11.8. The van der Waals surface area contributed by atoms with Gasteiger partial charge in [-0.25, -0.2) is 0 Å². The number of nitrogens with one attached hydrogen (secondary N) is 2. The molecule has 1 aliphatic carbocycles. The van der Waals surface area contributed by atoms with Gasteiger partial charge in [0.05, 0.1) is 6.04 Å². The highest BCUT2D eigenvalue weighted by Crippen LogP contribution is 2.18. The van der Waals surface area contributed by atoms with Gasteiger partial charge in [-0.2, -0.15) is 11.3 Å². The first-order valence-electron chi connectivity index (χ1n) is 6.22. The third-order valence-electron chi connectivity index (χ3n) is 2.97. The van der Waals surface area contributed by atoms with Crippen LogP contribution in [0.1, 0.15) is 32.3 Å². The van der Waals surface area contributed by atoms with Crippen molar-refractivity contribution >= 4 is 17.2 Å². The molecule has 2 unspecified atom stereocenters. The minimum Gasteiger partial charge on any atom is -0.352 e. The monoisotopic (exact) mass is 252 g/mol. The zero-order valence-electron chi connectivity index (χ0n) is 10.4. The highest BCUT2D eigenvalue weighted by atomic mass is 32.1. The minimum atomic E-state index is -0.107. The Morgan fingerprint density at radius 1 is 1.53 bits per heavy atom. The Morgan fingerprint density at radius 3 is 2.88 bits per heavy atom. The van der Waals surface area contributed by atoms with Crippen LogP contribution in [-0.2, 0) is 11.2 Å². The van der Waals surface area contributed by atoms with Crippen molar-refractivity contribution in [1.29, 1.82) is 0 Å². The molecule has 1 saturated carbocycles. The van der Waals surface area contributed by atoms with Crippen LogP contribution in [0.15, 0.2) is 16.8 Å². The van der Waals surface area contributed by atoms with Gasteiger partial charge in [-0.3, -0.25) is 4.79 Å². The van der Waals surface area contributed by atoms with E-state index in [4.69, 9.17) is 0 Å². The van der Waals surface area contributed by atoms with Gasteiger partial charge in [-0.1, -0.05) is 0 Å². The molecule has 1 aromatic heterocycles. The summed E-state index contributed by atoms with van der Waals surface area (Å²) >= 11 is 1.72. The van der Waals surface area contributed by atoms with Crippen LogP contribution >= 0.6 is 11.3 Å². The first-order valence-corrected chi connectivity index (χ1v) is 7.17. The molecule has 17 heavy (non-hydrogen) atoms. The van der Waals surface area contributed by atoms with Crippen LogP contribution in [-0.4, -0.2) is 24.0 Å². The molecule has 2 atom stereocenters. The van der Waals surface area contributed by atoms with Gasteiger partial charge in [0.25, 0.3) is 0 Å². The molecule has 2 N–H and O–H groups in total. The lowest BCUT2D eigenvalue weighted by Crippen LogP contribution is -2.46. The van der Waals surface area contributed by atoms with Crippen LogP contribution in [0.25, 0.3) is 0 Å². The fourth-order valence-corrected chi connectivity index (χ4v) is 2.56. The standard InChI is InChI=1S/C13H20N2OS/c1-9(7-11-5-6-17-8-11)14-10(2)13(16)15-12-3-4-12/h5-6,8-10,12,14H,3-4,7H2,1-2H3,(H,15,16). The van der Waals surface area contributed by atoms with E-state index < -0.39 is 0 Å². The van der Waals surface area contributed by atoms with Crippen molar-refractivity contribution < 1.29 is 4.79 Å². The molecule has 1 fully saturated rings. The number of carbonyl (C=O) groups excluding carboxylic acids is 1. The Balaban J connectivity index is 1.72. The molecular weight excluding hydrogens is 232 g/mol. The molecule has 2 rings (SSSR count). The maximum atomic E-state index is 11.8. The summed E-state index contributed by atoms with van der Waals surface area (Å²) in [4.78, 5) is 11.8. The highest BCUT2D eigenvalue weighted by molar-refractivity contribution is 7.07. The summed E-state index contributed by atoms with van der Waals surface area (Å²) in [7, 11) is 0. The highest BCUT2D eigenvalue weighted by Gasteiger charge is 2.25. The second-order valence-corrected chi connectivity index (χ2v) is 5.69. The van der Waals surface area contributed by atoms with Crippen molar-refractivity contribution in [2.45, 2.75) is 51.2 Å². The van der Waals surface area contributed by atoms with E-state index >= 15 is 0 Å². The Bertz CT molecular complexity index is 360. The van der Waals surface area contributed by atoms with Crippen molar-refractivity contribution in [2.75, 3.05) is 0 Å². The van der Waals surface area contributed by atoms with Gasteiger partial charge in [-0.05, 0) is 55.5 Å². The second-order valence-electron chi connectivity index (χ2n) is 4.91. The van der Waals surface area contributed by atoms with Crippen LogP contribution in [0.3, 0.4) is 0 Å². The molecule has 94 valence electrons. The van der Waals surface area contributed by atoms with Crippen molar-refractivity contribution in [1.82, 2.24) is 10.6 Å². The Morgan fingerprint density at radius 2 is 2.29 bits per heavy atom. The molecule has 0 aromatic carbocycles. The lowest BCUT2D eigenvalue weighted by molar-refractivity contribution is -0.123. The predicted octanol–water partition coefficient (Wildman–Crippen LogP) is 1.94. The van der Waals surface area contributed by atoms with Gasteiger partial charge in [-0.15, -0.1) is 0 Å². The average Bonchev–Trinajstić information content (AvgIpc) is 2.93. The number of rotatable bonds is 6. The first-order chi connectivity index (χ1) is 8.15. The Hall–Kier alpha value is -0.870. The SMILES string of the molecule is CC(Cc1ccsc1)NC(C)C(=O)NC1CC1. The lowest BCUT2D eigenvalue weighted by Gasteiger charge is -2.19. The predicted molar refractivity (Wildman–Crippen MR) is 71.2 cm³/mol. The lowest BCUT2D eigenvalue weighted by atomic mass is 10.1. The van der Waals surface area contributed by atoms with E-state index in [1.165, 1.54) is 5.56 Å². The van der Waals surface area contributed by atoms with Gasteiger partial charge in [0.2, 0.25) is 5.91 Å². The zero-order valence-corrected chi connectivity index (χ0v) is 11.2. The van der Waals surface area contributed by atoms with E-state index in [0.29, 0.717) is 12.1 Å². The van der Waals surface area contributed by atoms with Crippen LogP contribution in [0.5, 0.6) is 0 Å². The van der Waals surface area contributed by atoms with E-state index in [2.05, 4.69) is 34.4 Å². The summed E-state index contributed by atoms with van der Waals surface area (Å²) in [6, 6.07) is 2.80. The number of carbonyl (C=O) groups is 1. The zero-order chi connectivity index (χ0) is 12.3. The van der Waals surface area contributed by atoms with Crippen LogP contribution in [0.4, 0.5) is 0 Å². The average molecular weight is 252 g/mol. The number of hydrogen-bond donors (Lipinski definition) is 2. The second kappa shape index (κ2) is 5.65. The molecule has 0 radical (unpaired) electrons. The quantitative estimate of drug-likeness (QED) is 0.812. The largest absolute Gasteiger partial charge is 0.352 e. The van der Waals surface area contributed by atoms with Crippen LogP contribution in [0.2, 0.25) is 0 Å². The molecule has 0 aliphatic heterocycles. The molecule has 4 heteroatoms. The minimum absolute atomic E-state index is 0.107. The smallest absolute Gasteiger partial charge is 0.237 e. The number of amides is 1. The summed E-state index contributed by atoms with van der Waals surface area (Å²) in [5.41, 5.74) is 1.34. The first kappa shape index (κ1) is 12.6. The molecule has 0 spiro atoms. The van der Waals surface area contributed by atoms with Gasteiger partial charge in [0, 0.05) is 12.1 Å². The molecule has 1 amide bonds.